The topological polar surface area (TPSA) is 39.7 Å². The van der Waals surface area contributed by atoms with E-state index in [1.165, 1.54) is 25.7 Å². The molecule has 18 heavy (non-hydrogen) atoms. The standard InChI is InChI=1S/C14H29NO3/c1-12(2)17-10-8-16-9-11-18-14-6-4-13(15-3)5-7-14/h12-15H,4-11H2,1-3H3. The maximum absolute atomic E-state index is 5.81. The number of ether oxygens (including phenoxy) is 3. The first-order valence-electron chi connectivity index (χ1n) is 7.20. The third-order valence-electron chi connectivity index (χ3n) is 3.34. The molecular weight excluding hydrogens is 230 g/mol. The monoisotopic (exact) mass is 259 g/mol. The fraction of sp³-hybridized carbons (Fsp3) is 1.00. The molecule has 0 saturated heterocycles. The predicted molar refractivity (Wildman–Crippen MR) is 73.0 cm³/mol. The summed E-state index contributed by atoms with van der Waals surface area (Å²) in [5.41, 5.74) is 0. The molecule has 0 heterocycles. The Balaban J connectivity index is 1.86. The van der Waals surface area contributed by atoms with E-state index >= 15 is 0 Å². The van der Waals surface area contributed by atoms with Gasteiger partial charge in [-0.15, -0.1) is 0 Å². The van der Waals surface area contributed by atoms with Crippen molar-refractivity contribution in [3.05, 3.63) is 0 Å². The minimum atomic E-state index is 0.284. The highest BCUT2D eigenvalue weighted by atomic mass is 16.5. The van der Waals surface area contributed by atoms with Gasteiger partial charge >= 0.3 is 0 Å². The number of nitrogens with one attached hydrogen (secondary N) is 1. The van der Waals surface area contributed by atoms with Crippen LogP contribution in [0.15, 0.2) is 0 Å². The summed E-state index contributed by atoms with van der Waals surface area (Å²) in [5, 5.41) is 3.33. The summed E-state index contributed by atoms with van der Waals surface area (Å²) < 4.78 is 16.7. The molecule has 0 unspecified atom stereocenters. The van der Waals surface area contributed by atoms with Gasteiger partial charge in [0.15, 0.2) is 0 Å². The Hall–Kier alpha value is -0.160. The van der Waals surface area contributed by atoms with Crippen LogP contribution >= 0.6 is 0 Å². The van der Waals surface area contributed by atoms with Gasteiger partial charge in [0.25, 0.3) is 0 Å². The largest absolute Gasteiger partial charge is 0.377 e. The van der Waals surface area contributed by atoms with E-state index in [1.807, 2.05) is 20.9 Å². The van der Waals surface area contributed by atoms with Crippen molar-refractivity contribution < 1.29 is 14.2 Å². The molecule has 0 aromatic rings. The SMILES string of the molecule is CNC1CCC(OCCOCCOC(C)C)CC1. The van der Waals surface area contributed by atoms with Gasteiger partial charge in [-0.25, -0.2) is 0 Å². The first-order chi connectivity index (χ1) is 8.72. The van der Waals surface area contributed by atoms with E-state index in [1.54, 1.807) is 0 Å². The Kier molecular flexibility index (Phi) is 8.59. The third kappa shape index (κ3) is 7.31. The Morgan fingerprint density at radius 3 is 2.28 bits per heavy atom. The molecule has 1 fully saturated rings. The van der Waals surface area contributed by atoms with Crippen LogP contribution in [0.1, 0.15) is 39.5 Å². The van der Waals surface area contributed by atoms with E-state index < -0.39 is 0 Å². The number of rotatable bonds is 9. The Morgan fingerprint density at radius 2 is 1.67 bits per heavy atom. The van der Waals surface area contributed by atoms with E-state index in [-0.39, 0.29) is 6.10 Å². The maximum atomic E-state index is 5.81. The Labute approximate surface area is 111 Å². The van der Waals surface area contributed by atoms with Gasteiger partial charge in [0.05, 0.1) is 38.6 Å². The molecule has 1 aliphatic carbocycles. The van der Waals surface area contributed by atoms with Gasteiger partial charge in [-0.3, -0.25) is 0 Å². The van der Waals surface area contributed by atoms with E-state index in [2.05, 4.69) is 5.32 Å². The Morgan fingerprint density at radius 1 is 1.00 bits per heavy atom. The van der Waals surface area contributed by atoms with Crippen molar-refractivity contribution in [1.82, 2.24) is 5.32 Å². The second-order valence-electron chi connectivity index (χ2n) is 5.17. The molecule has 4 heteroatoms. The molecule has 0 radical (unpaired) electrons. The van der Waals surface area contributed by atoms with E-state index in [4.69, 9.17) is 14.2 Å². The molecule has 0 atom stereocenters. The van der Waals surface area contributed by atoms with Crippen LogP contribution in [0.4, 0.5) is 0 Å². The number of hydrogen-bond donors (Lipinski definition) is 1. The maximum Gasteiger partial charge on any atom is 0.0704 e. The second-order valence-corrected chi connectivity index (χ2v) is 5.17. The highest BCUT2D eigenvalue weighted by Crippen LogP contribution is 2.20. The van der Waals surface area contributed by atoms with Gasteiger partial charge in [0, 0.05) is 6.04 Å². The molecule has 0 amide bonds. The lowest BCUT2D eigenvalue weighted by atomic mass is 9.93. The number of hydrogen-bond acceptors (Lipinski definition) is 4. The van der Waals surface area contributed by atoms with Gasteiger partial charge < -0.3 is 19.5 Å². The van der Waals surface area contributed by atoms with Crippen LogP contribution in [-0.2, 0) is 14.2 Å². The minimum absolute atomic E-state index is 0.284. The van der Waals surface area contributed by atoms with Gasteiger partial charge in [0.2, 0.25) is 0 Å². The minimum Gasteiger partial charge on any atom is -0.377 e. The van der Waals surface area contributed by atoms with Crippen LogP contribution < -0.4 is 5.32 Å². The van der Waals surface area contributed by atoms with Gasteiger partial charge in [0.1, 0.15) is 0 Å². The lowest BCUT2D eigenvalue weighted by molar-refractivity contribution is -0.0300. The van der Waals surface area contributed by atoms with Crippen LogP contribution in [0.5, 0.6) is 0 Å². The summed E-state index contributed by atoms with van der Waals surface area (Å²) in [6, 6.07) is 0.689. The smallest absolute Gasteiger partial charge is 0.0704 e. The average Bonchev–Trinajstić information content (AvgIpc) is 2.38. The Bertz CT molecular complexity index is 191. The van der Waals surface area contributed by atoms with Gasteiger partial charge in [-0.1, -0.05) is 0 Å². The van der Waals surface area contributed by atoms with E-state index in [0.717, 1.165) is 0 Å². The molecule has 1 N–H and O–H groups in total. The zero-order valence-electron chi connectivity index (χ0n) is 12.1. The van der Waals surface area contributed by atoms with E-state index in [0.29, 0.717) is 38.6 Å². The molecule has 0 bridgehead atoms. The molecule has 0 aliphatic heterocycles. The van der Waals surface area contributed by atoms with Crippen molar-refractivity contribution in [3.63, 3.8) is 0 Å². The van der Waals surface area contributed by atoms with Crippen LogP contribution in [0, 0.1) is 0 Å². The van der Waals surface area contributed by atoms with Crippen LogP contribution in [-0.4, -0.2) is 51.7 Å². The van der Waals surface area contributed by atoms with Crippen molar-refractivity contribution in [3.8, 4) is 0 Å². The van der Waals surface area contributed by atoms with Crippen LogP contribution in [0.25, 0.3) is 0 Å². The summed E-state index contributed by atoms with van der Waals surface area (Å²) in [4.78, 5) is 0. The first kappa shape index (κ1) is 15.9. The van der Waals surface area contributed by atoms with Crippen molar-refractivity contribution in [2.75, 3.05) is 33.5 Å². The molecule has 1 aliphatic rings. The summed E-state index contributed by atoms with van der Waals surface area (Å²) in [6.07, 6.45) is 5.51. The third-order valence-corrected chi connectivity index (χ3v) is 3.34. The summed E-state index contributed by atoms with van der Waals surface area (Å²) in [6.45, 7) is 6.78. The van der Waals surface area contributed by atoms with Gasteiger partial charge in [-0.2, -0.15) is 0 Å². The second kappa shape index (κ2) is 9.73. The highest BCUT2D eigenvalue weighted by molar-refractivity contribution is 4.76. The summed E-state index contributed by atoms with van der Waals surface area (Å²) in [7, 11) is 2.04. The average molecular weight is 259 g/mol. The zero-order chi connectivity index (χ0) is 13.2. The zero-order valence-corrected chi connectivity index (χ0v) is 12.1. The lowest BCUT2D eigenvalue weighted by Crippen LogP contribution is -2.33. The first-order valence-corrected chi connectivity index (χ1v) is 7.20. The normalized spacial score (nSPS) is 24.7. The van der Waals surface area contributed by atoms with Crippen LogP contribution in [0.3, 0.4) is 0 Å². The van der Waals surface area contributed by atoms with Crippen molar-refractivity contribution in [2.24, 2.45) is 0 Å². The predicted octanol–water partition coefficient (Wildman–Crippen LogP) is 1.98. The molecular formula is C14H29NO3. The van der Waals surface area contributed by atoms with Crippen molar-refractivity contribution in [2.45, 2.75) is 57.8 Å². The van der Waals surface area contributed by atoms with E-state index in [9.17, 15) is 0 Å². The molecule has 1 rings (SSSR count). The quantitative estimate of drug-likeness (QED) is 0.643. The fourth-order valence-corrected chi connectivity index (χ4v) is 2.24. The fourth-order valence-electron chi connectivity index (χ4n) is 2.24. The highest BCUT2D eigenvalue weighted by Gasteiger charge is 2.19. The molecule has 0 aromatic heterocycles. The van der Waals surface area contributed by atoms with Gasteiger partial charge in [-0.05, 0) is 46.6 Å². The summed E-state index contributed by atoms with van der Waals surface area (Å²) >= 11 is 0. The van der Waals surface area contributed by atoms with Crippen LogP contribution in [0.2, 0.25) is 0 Å². The molecule has 0 spiro atoms. The summed E-state index contributed by atoms with van der Waals surface area (Å²) in [5.74, 6) is 0. The molecule has 4 nitrogen and oxygen atoms in total. The lowest BCUT2D eigenvalue weighted by Gasteiger charge is -2.28. The van der Waals surface area contributed by atoms with Crippen molar-refractivity contribution >= 4 is 0 Å². The molecule has 0 aromatic carbocycles. The van der Waals surface area contributed by atoms with Crippen molar-refractivity contribution in [1.29, 1.82) is 0 Å². The molecule has 108 valence electrons. The molecule has 1 saturated carbocycles.